The van der Waals surface area contributed by atoms with Crippen LogP contribution in [0.1, 0.15) is 29.6 Å². The van der Waals surface area contributed by atoms with Gasteiger partial charge in [0.05, 0.1) is 11.0 Å². The molecule has 0 bridgehead atoms. The third kappa shape index (κ3) is 3.79. The number of nitrogens with zero attached hydrogens (tertiary/aromatic N) is 1. The van der Waals surface area contributed by atoms with Crippen molar-refractivity contribution in [3.05, 3.63) is 34.1 Å². The minimum Gasteiger partial charge on any atom is -0.343 e. The summed E-state index contributed by atoms with van der Waals surface area (Å²) in [7, 11) is 0. The molecule has 1 fully saturated rings. The number of rotatable bonds is 3. The molecule has 6 heteroatoms. The Morgan fingerprint density at radius 2 is 1.95 bits per heavy atom. The number of benzene rings is 1. The van der Waals surface area contributed by atoms with Crippen LogP contribution in [0.3, 0.4) is 0 Å². The van der Waals surface area contributed by atoms with Gasteiger partial charge >= 0.3 is 0 Å². The molecule has 2 amide bonds. The molecular formula is C14H16BrFN2O2. The molecule has 0 saturated carbocycles. The van der Waals surface area contributed by atoms with E-state index in [1.807, 2.05) is 0 Å². The summed E-state index contributed by atoms with van der Waals surface area (Å²) in [4.78, 5) is 25.5. The maximum Gasteiger partial charge on any atom is 0.251 e. The number of likely N-dealkylation sites (tertiary alicyclic amines) is 1. The Kier molecular flexibility index (Phi) is 5.11. The van der Waals surface area contributed by atoms with Crippen molar-refractivity contribution in [2.24, 2.45) is 0 Å². The van der Waals surface area contributed by atoms with Gasteiger partial charge in [-0.2, -0.15) is 0 Å². The lowest BCUT2D eigenvalue weighted by Gasteiger charge is -2.26. The SMILES string of the molecule is O=C(NCC(=O)N1CCCCC1)c1ccc(Br)c(F)c1. The van der Waals surface area contributed by atoms with E-state index < -0.39 is 11.7 Å². The molecule has 108 valence electrons. The summed E-state index contributed by atoms with van der Waals surface area (Å²) in [6, 6.07) is 4.12. The Labute approximate surface area is 125 Å². The van der Waals surface area contributed by atoms with Crippen molar-refractivity contribution in [3.63, 3.8) is 0 Å². The van der Waals surface area contributed by atoms with Gasteiger partial charge in [-0.3, -0.25) is 9.59 Å². The first kappa shape index (κ1) is 15.0. The second kappa shape index (κ2) is 6.83. The normalized spacial score (nSPS) is 15.0. The number of halogens is 2. The fourth-order valence-corrected chi connectivity index (χ4v) is 2.40. The van der Waals surface area contributed by atoms with E-state index in [4.69, 9.17) is 0 Å². The van der Waals surface area contributed by atoms with Crippen molar-refractivity contribution >= 4 is 27.7 Å². The summed E-state index contributed by atoms with van der Waals surface area (Å²) >= 11 is 3.03. The quantitative estimate of drug-likeness (QED) is 0.916. The third-order valence-electron chi connectivity index (χ3n) is 3.29. The minimum atomic E-state index is -0.500. The highest BCUT2D eigenvalue weighted by Crippen LogP contribution is 2.16. The number of piperidine rings is 1. The molecule has 0 aliphatic carbocycles. The van der Waals surface area contributed by atoms with E-state index in [0.717, 1.165) is 38.4 Å². The summed E-state index contributed by atoms with van der Waals surface area (Å²) in [5.74, 6) is -1.03. The van der Waals surface area contributed by atoms with Gasteiger partial charge < -0.3 is 10.2 Å². The highest BCUT2D eigenvalue weighted by atomic mass is 79.9. The first-order chi connectivity index (χ1) is 9.58. The van der Waals surface area contributed by atoms with Gasteiger partial charge in [-0.05, 0) is 53.4 Å². The lowest BCUT2D eigenvalue weighted by molar-refractivity contribution is -0.130. The van der Waals surface area contributed by atoms with E-state index in [9.17, 15) is 14.0 Å². The molecule has 0 radical (unpaired) electrons. The molecule has 1 aliphatic heterocycles. The van der Waals surface area contributed by atoms with Crippen LogP contribution in [-0.2, 0) is 4.79 Å². The van der Waals surface area contributed by atoms with Gasteiger partial charge in [0.2, 0.25) is 5.91 Å². The van der Waals surface area contributed by atoms with Crippen molar-refractivity contribution < 1.29 is 14.0 Å². The van der Waals surface area contributed by atoms with Gasteiger partial charge in [0, 0.05) is 18.7 Å². The first-order valence-corrected chi connectivity index (χ1v) is 7.38. The molecule has 4 nitrogen and oxygen atoms in total. The number of hydrogen-bond acceptors (Lipinski definition) is 2. The molecule has 0 atom stereocenters. The fraction of sp³-hybridized carbons (Fsp3) is 0.429. The molecule has 0 aromatic heterocycles. The minimum absolute atomic E-state index is 0.0451. The predicted octanol–water partition coefficient (Wildman–Crippen LogP) is 2.33. The van der Waals surface area contributed by atoms with Crippen molar-refractivity contribution in [1.29, 1.82) is 0 Å². The molecule has 1 N–H and O–H groups in total. The van der Waals surface area contributed by atoms with Gasteiger partial charge in [0.25, 0.3) is 5.91 Å². The lowest BCUT2D eigenvalue weighted by atomic mass is 10.1. The molecule has 1 aromatic rings. The van der Waals surface area contributed by atoms with E-state index in [0.29, 0.717) is 4.47 Å². The van der Waals surface area contributed by atoms with Crippen LogP contribution < -0.4 is 5.32 Å². The van der Waals surface area contributed by atoms with E-state index in [1.165, 1.54) is 12.1 Å². The Bertz CT molecular complexity index is 516. The first-order valence-electron chi connectivity index (χ1n) is 6.59. The van der Waals surface area contributed by atoms with Crippen molar-refractivity contribution in [1.82, 2.24) is 10.2 Å². The average Bonchev–Trinajstić information content (AvgIpc) is 2.48. The molecule has 20 heavy (non-hydrogen) atoms. The maximum atomic E-state index is 13.3. The number of carbonyl (C=O) groups is 2. The van der Waals surface area contributed by atoms with Crippen LogP contribution in [0.15, 0.2) is 22.7 Å². The van der Waals surface area contributed by atoms with E-state index in [1.54, 1.807) is 4.90 Å². The second-order valence-electron chi connectivity index (χ2n) is 4.75. The fourth-order valence-electron chi connectivity index (χ4n) is 2.15. The molecule has 1 heterocycles. The highest BCUT2D eigenvalue weighted by molar-refractivity contribution is 9.10. The predicted molar refractivity (Wildman–Crippen MR) is 76.9 cm³/mol. The van der Waals surface area contributed by atoms with Gasteiger partial charge in [0.1, 0.15) is 5.82 Å². The maximum absolute atomic E-state index is 13.3. The second-order valence-corrected chi connectivity index (χ2v) is 5.61. The summed E-state index contributed by atoms with van der Waals surface area (Å²) in [6.45, 7) is 1.46. The van der Waals surface area contributed by atoms with E-state index >= 15 is 0 Å². The Hall–Kier alpha value is -1.43. The summed E-state index contributed by atoms with van der Waals surface area (Å²) in [5, 5.41) is 2.53. The number of amides is 2. The number of nitrogens with one attached hydrogen (secondary N) is 1. The van der Waals surface area contributed by atoms with Crippen molar-refractivity contribution in [2.45, 2.75) is 19.3 Å². The van der Waals surface area contributed by atoms with E-state index in [2.05, 4.69) is 21.2 Å². The topological polar surface area (TPSA) is 49.4 Å². The van der Waals surface area contributed by atoms with Gasteiger partial charge in [-0.15, -0.1) is 0 Å². The molecular weight excluding hydrogens is 327 g/mol. The van der Waals surface area contributed by atoms with Crippen LogP contribution in [0.4, 0.5) is 4.39 Å². The number of carbonyl (C=O) groups excluding carboxylic acids is 2. The van der Waals surface area contributed by atoms with Crippen LogP contribution in [0, 0.1) is 5.82 Å². The molecule has 2 rings (SSSR count). The van der Waals surface area contributed by atoms with Crippen LogP contribution in [-0.4, -0.2) is 36.3 Å². The van der Waals surface area contributed by atoms with Gasteiger partial charge in [0.15, 0.2) is 0 Å². The lowest BCUT2D eigenvalue weighted by Crippen LogP contribution is -2.42. The monoisotopic (exact) mass is 342 g/mol. The molecule has 0 spiro atoms. The molecule has 1 aromatic carbocycles. The molecule has 1 saturated heterocycles. The Morgan fingerprint density at radius 3 is 2.60 bits per heavy atom. The van der Waals surface area contributed by atoms with Crippen LogP contribution in [0.25, 0.3) is 0 Å². The van der Waals surface area contributed by atoms with E-state index in [-0.39, 0.29) is 18.0 Å². The summed E-state index contributed by atoms with van der Waals surface area (Å²) in [6.07, 6.45) is 3.17. The zero-order chi connectivity index (χ0) is 14.5. The summed E-state index contributed by atoms with van der Waals surface area (Å²) < 4.78 is 13.6. The molecule has 1 aliphatic rings. The van der Waals surface area contributed by atoms with Crippen LogP contribution in [0.5, 0.6) is 0 Å². The zero-order valence-corrected chi connectivity index (χ0v) is 12.6. The smallest absolute Gasteiger partial charge is 0.251 e. The Morgan fingerprint density at radius 1 is 1.25 bits per heavy atom. The van der Waals surface area contributed by atoms with Crippen molar-refractivity contribution in [2.75, 3.05) is 19.6 Å². The van der Waals surface area contributed by atoms with Crippen LogP contribution in [0.2, 0.25) is 0 Å². The zero-order valence-electron chi connectivity index (χ0n) is 11.0. The highest BCUT2D eigenvalue weighted by Gasteiger charge is 2.17. The molecule has 0 unspecified atom stereocenters. The van der Waals surface area contributed by atoms with Gasteiger partial charge in [-0.1, -0.05) is 0 Å². The van der Waals surface area contributed by atoms with Gasteiger partial charge in [-0.25, -0.2) is 4.39 Å². The van der Waals surface area contributed by atoms with Crippen LogP contribution >= 0.6 is 15.9 Å². The number of hydrogen-bond donors (Lipinski definition) is 1. The van der Waals surface area contributed by atoms with Crippen molar-refractivity contribution in [3.8, 4) is 0 Å². The standard InChI is InChI=1S/C14H16BrFN2O2/c15-11-5-4-10(8-12(11)16)14(20)17-9-13(19)18-6-2-1-3-7-18/h4-5,8H,1-3,6-7,9H2,(H,17,20). The summed E-state index contributed by atoms with van der Waals surface area (Å²) in [5.41, 5.74) is 0.206. The largest absolute Gasteiger partial charge is 0.343 e. The average molecular weight is 343 g/mol. The Balaban J connectivity index is 1.88. The third-order valence-corrected chi connectivity index (χ3v) is 3.93.